The van der Waals surface area contributed by atoms with Crippen LogP contribution in [0.5, 0.6) is 5.75 Å². The van der Waals surface area contributed by atoms with E-state index in [0.717, 1.165) is 17.4 Å². The van der Waals surface area contributed by atoms with Crippen LogP contribution < -0.4 is 4.74 Å². The number of halogens is 3. The first-order chi connectivity index (χ1) is 9.80. The summed E-state index contributed by atoms with van der Waals surface area (Å²) in [7, 11) is 0. The van der Waals surface area contributed by atoms with Crippen LogP contribution in [-0.4, -0.2) is 11.1 Å². The molecule has 0 amide bonds. The van der Waals surface area contributed by atoms with E-state index in [2.05, 4.69) is 0 Å². The van der Waals surface area contributed by atoms with Crippen LogP contribution in [-0.2, 0) is 6.18 Å². The maximum atomic E-state index is 12.9. The molecule has 1 aromatic heterocycles. The summed E-state index contributed by atoms with van der Waals surface area (Å²) in [5.74, 6) is -1.10. The minimum atomic E-state index is -4.49. The fraction of sp³-hybridized carbons (Fsp3) is 0.214. The predicted octanol–water partition coefficient (Wildman–Crippen LogP) is 4.61. The molecule has 1 aromatic carbocycles. The summed E-state index contributed by atoms with van der Waals surface area (Å²) in [4.78, 5) is 10.9. The van der Waals surface area contributed by atoms with Gasteiger partial charge in [0, 0.05) is 5.56 Å². The summed E-state index contributed by atoms with van der Waals surface area (Å²) in [6.07, 6.45) is -5.41. The fourth-order valence-electron chi connectivity index (χ4n) is 1.91. The lowest BCUT2D eigenvalue weighted by Gasteiger charge is -2.19. The Morgan fingerprint density at radius 2 is 1.95 bits per heavy atom. The second-order valence-electron chi connectivity index (χ2n) is 4.26. The van der Waals surface area contributed by atoms with Gasteiger partial charge in [-0.1, -0.05) is 18.2 Å². The molecule has 7 heteroatoms. The number of carboxylic acids is 1. The van der Waals surface area contributed by atoms with Crippen LogP contribution in [0, 0.1) is 0 Å². The van der Waals surface area contributed by atoms with E-state index in [1.165, 1.54) is 36.6 Å². The highest BCUT2D eigenvalue weighted by Gasteiger charge is 2.34. The molecule has 0 aliphatic rings. The Kier molecular flexibility index (Phi) is 4.22. The largest absolute Gasteiger partial charge is 0.484 e. The molecule has 2 aromatic rings. The highest BCUT2D eigenvalue weighted by molar-refractivity contribution is 7.12. The lowest BCUT2D eigenvalue weighted by molar-refractivity contribution is -0.139. The van der Waals surface area contributed by atoms with Gasteiger partial charge in [-0.15, -0.1) is 11.3 Å². The number of hydrogen-bond donors (Lipinski definition) is 1. The summed E-state index contributed by atoms with van der Waals surface area (Å²) in [6, 6.07) is 6.50. The molecule has 0 fully saturated rings. The van der Waals surface area contributed by atoms with Crippen molar-refractivity contribution in [3.8, 4) is 5.75 Å². The topological polar surface area (TPSA) is 46.5 Å². The Morgan fingerprint density at radius 1 is 1.29 bits per heavy atom. The standard InChI is InChI=1S/C14H11F3O3S/c1-8(20-11-6-7-21-12(11)13(18)19)9-4-2-3-5-10(9)14(15,16)17/h2-8H,1H3,(H,18,19). The van der Waals surface area contributed by atoms with E-state index in [1.54, 1.807) is 0 Å². The maximum Gasteiger partial charge on any atom is 0.416 e. The quantitative estimate of drug-likeness (QED) is 0.896. The molecule has 0 aliphatic heterocycles. The van der Waals surface area contributed by atoms with Crippen molar-refractivity contribution in [2.24, 2.45) is 0 Å². The number of aromatic carboxylic acids is 1. The van der Waals surface area contributed by atoms with Gasteiger partial charge in [-0.05, 0) is 24.4 Å². The molecule has 0 saturated carbocycles. The number of rotatable bonds is 4. The van der Waals surface area contributed by atoms with Crippen molar-refractivity contribution in [1.29, 1.82) is 0 Å². The Morgan fingerprint density at radius 3 is 2.57 bits per heavy atom. The Hall–Kier alpha value is -2.02. The van der Waals surface area contributed by atoms with E-state index >= 15 is 0 Å². The summed E-state index contributed by atoms with van der Waals surface area (Å²) in [6.45, 7) is 1.45. The normalized spacial score (nSPS) is 13.0. The smallest absolute Gasteiger partial charge is 0.416 e. The molecule has 0 saturated heterocycles. The molecule has 0 radical (unpaired) electrons. The van der Waals surface area contributed by atoms with Crippen molar-refractivity contribution in [3.63, 3.8) is 0 Å². The number of carbonyl (C=O) groups is 1. The molecule has 0 aliphatic carbocycles. The van der Waals surface area contributed by atoms with Gasteiger partial charge in [-0.3, -0.25) is 0 Å². The Bertz CT molecular complexity index is 649. The predicted molar refractivity (Wildman–Crippen MR) is 71.8 cm³/mol. The third-order valence-corrected chi connectivity index (χ3v) is 3.71. The SMILES string of the molecule is CC(Oc1ccsc1C(=O)O)c1ccccc1C(F)(F)F. The molecule has 1 atom stereocenters. The minimum Gasteiger partial charge on any atom is -0.484 e. The lowest BCUT2D eigenvalue weighted by Crippen LogP contribution is -2.14. The first-order valence-corrected chi connectivity index (χ1v) is 6.82. The van der Waals surface area contributed by atoms with Crippen LogP contribution in [0.25, 0.3) is 0 Å². The van der Waals surface area contributed by atoms with Crippen LogP contribution in [0.1, 0.15) is 33.8 Å². The highest BCUT2D eigenvalue weighted by Crippen LogP contribution is 2.37. The number of alkyl halides is 3. The lowest BCUT2D eigenvalue weighted by atomic mass is 10.0. The van der Waals surface area contributed by atoms with Gasteiger partial charge in [0.2, 0.25) is 0 Å². The van der Waals surface area contributed by atoms with Crippen LogP contribution >= 0.6 is 11.3 Å². The molecule has 1 unspecified atom stereocenters. The van der Waals surface area contributed by atoms with Gasteiger partial charge in [0.25, 0.3) is 0 Å². The third-order valence-electron chi connectivity index (χ3n) is 2.83. The van der Waals surface area contributed by atoms with Gasteiger partial charge < -0.3 is 9.84 Å². The zero-order valence-electron chi connectivity index (χ0n) is 10.8. The highest BCUT2D eigenvalue weighted by atomic mass is 32.1. The second kappa shape index (κ2) is 5.77. The van der Waals surface area contributed by atoms with E-state index in [-0.39, 0.29) is 16.2 Å². The van der Waals surface area contributed by atoms with Gasteiger partial charge in [-0.2, -0.15) is 13.2 Å². The number of thiophene rings is 1. The van der Waals surface area contributed by atoms with Crippen LogP contribution in [0.15, 0.2) is 35.7 Å². The van der Waals surface area contributed by atoms with Crippen molar-refractivity contribution < 1.29 is 27.8 Å². The molecule has 1 N–H and O–H groups in total. The van der Waals surface area contributed by atoms with Crippen molar-refractivity contribution in [2.75, 3.05) is 0 Å². The average Bonchev–Trinajstić information content (AvgIpc) is 2.86. The third kappa shape index (κ3) is 3.36. The monoisotopic (exact) mass is 316 g/mol. The second-order valence-corrected chi connectivity index (χ2v) is 5.18. The van der Waals surface area contributed by atoms with E-state index in [1.807, 2.05) is 0 Å². The Labute approximate surface area is 122 Å². The number of hydrogen-bond acceptors (Lipinski definition) is 3. The molecular weight excluding hydrogens is 305 g/mol. The number of benzene rings is 1. The summed E-state index contributed by atoms with van der Waals surface area (Å²) >= 11 is 0.958. The van der Waals surface area contributed by atoms with Gasteiger partial charge in [0.1, 0.15) is 11.9 Å². The number of carboxylic acid groups (broad SMARTS) is 1. The summed E-state index contributed by atoms with van der Waals surface area (Å²) in [5, 5.41) is 10.5. The van der Waals surface area contributed by atoms with Gasteiger partial charge in [0.15, 0.2) is 4.88 Å². The van der Waals surface area contributed by atoms with Crippen LogP contribution in [0.2, 0.25) is 0 Å². The van der Waals surface area contributed by atoms with E-state index in [0.29, 0.717) is 0 Å². The van der Waals surface area contributed by atoms with E-state index in [4.69, 9.17) is 9.84 Å². The molecule has 2 rings (SSSR count). The molecule has 0 spiro atoms. The molecule has 21 heavy (non-hydrogen) atoms. The van der Waals surface area contributed by atoms with Crippen molar-refractivity contribution in [1.82, 2.24) is 0 Å². The van der Waals surface area contributed by atoms with Crippen LogP contribution in [0.4, 0.5) is 13.2 Å². The first-order valence-electron chi connectivity index (χ1n) is 5.94. The minimum absolute atomic E-state index is 0.0347. The van der Waals surface area contributed by atoms with Gasteiger partial charge in [-0.25, -0.2) is 4.79 Å². The summed E-state index contributed by atoms with van der Waals surface area (Å²) < 4.78 is 44.2. The number of ether oxygens (including phenoxy) is 1. The van der Waals surface area contributed by atoms with Gasteiger partial charge in [0.05, 0.1) is 5.56 Å². The zero-order valence-corrected chi connectivity index (χ0v) is 11.7. The molecule has 112 valence electrons. The fourth-order valence-corrected chi connectivity index (χ4v) is 2.57. The van der Waals surface area contributed by atoms with Crippen molar-refractivity contribution in [3.05, 3.63) is 51.7 Å². The average molecular weight is 316 g/mol. The van der Waals surface area contributed by atoms with Crippen LogP contribution in [0.3, 0.4) is 0 Å². The van der Waals surface area contributed by atoms with Crippen molar-refractivity contribution in [2.45, 2.75) is 19.2 Å². The Balaban J connectivity index is 2.31. The van der Waals surface area contributed by atoms with Gasteiger partial charge >= 0.3 is 12.1 Å². The molecular formula is C14H11F3O3S. The summed E-state index contributed by atoms with van der Waals surface area (Å²) in [5.41, 5.74) is -0.822. The first kappa shape index (κ1) is 15.4. The molecule has 3 nitrogen and oxygen atoms in total. The zero-order chi connectivity index (χ0) is 15.6. The molecule has 1 heterocycles. The van der Waals surface area contributed by atoms with E-state index in [9.17, 15) is 18.0 Å². The molecule has 0 bridgehead atoms. The maximum absolute atomic E-state index is 12.9. The van der Waals surface area contributed by atoms with Crippen molar-refractivity contribution >= 4 is 17.3 Å². The van der Waals surface area contributed by atoms with E-state index < -0.39 is 23.8 Å².